The van der Waals surface area contributed by atoms with Crippen molar-refractivity contribution in [2.75, 3.05) is 5.32 Å². The molecule has 2 aromatic carbocycles. The number of para-hydroxylation sites is 1. The van der Waals surface area contributed by atoms with Gasteiger partial charge in [0.05, 0.1) is 11.6 Å². The third-order valence-electron chi connectivity index (χ3n) is 5.00. The molecule has 0 spiro atoms. The summed E-state index contributed by atoms with van der Waals surface area (Å²) < 4.78 is 1.98. The van der Waals surface area contributed by atoms with Crippen LogP contribution in [0.2, 0.25) is 0 Å². The van der Waals surface area contributed by atoms with E-state index < -0.39 is 0 Å². The second-order valence-corrected chi connectivity index (χ2v) is 6.64. The van der Waals surface area contributed by atoms with E-state index in [1.165, 1.54) is 0 Å². The van der Waals surface area contributed by atoms with Crippen molar-refractivity contribution in [2.24, 2.45) is 0 Å². The molecule has 0 radical (unpaired) electrons. The van der Waals surface area contributed by atoms with E-state index in [4.69, 9.17) is 0 Å². The normalized spacial score (nSPS) is 15.5. The Hall–Kier alpha value is -3.14. The van der Waals surface area contributed by atoms with Gasteiger partial charge in [0, 0.05) is 23.5 Å². The highest BCUT2D eigenvalue weighted by Crippen LogP contribution is 2.32. The minimum Gasteiger partial charge on any atom is -0.341 e. The average molecular weight is 344 g/mol. The number of carbonyl (C=O) groups is 2. The van der Waals surface area contributed by atoms with E-state index in [-0.39, 0.29) is 17.6 Å². The van der Waals surface area contributed by atoms with Crippen molar-refractivity contribution in [3.63, 3.8) is 0 Å². The second-order valence-electron chi connectivity index (χ2n) is 6.64. The highest BCUT2D eigenvalue weighted by Gasteiger charge is 2.32. The van der Waals surface area contributed by atoms with Gasteiger partial charge in [-0.25, -0.2) is 0 Å². The molecule has 0 aliphatic carbocycles. The van der Waals surface area contributed by atoms with Crippen molar-refractivity contribution in [1.82, 2.24) is 4.57 Å². The largest absolute Gasteiger partial charge is 0.341 e. The number of carbonyl (C=O) groups excluding carboxylic acids is 2. The SMILES string of the molecule is Cc1ccccc1NC(=O)[C@@H]1CCn2c(C(=O)c3ccccc3)ccc21. The van der Waals surface area contributed by atoms with Gasteiger partial charge in [0.2, 0.25) is 11.7 Å². The Balaban J connectivity index is 1.58. The van der Waals surface area contributed by atoms with Crippen molar-refractivity contribution >= 4 is 17.4 Å². The monoisotopic (exact) mass is 344 g/mol. The minimum absolute atomic E-state index is 0.00295. The van der Waals surface area contributed by atoms with Gasteiger partial charge < -0.3 is 9.88 Å². The van der Waals surface area contributed by atoms with E-state index in [1.54, 1.807) is 0 Å². The van der Waals surface area contributed by atoms with E-state index in [1.807, 2.05) is 78.2 Å². The first-order chi connectivity index (χ1) is 12.6. The molecule has 4 heteroatoms. The molecule has 1 aromatic heterocycles. The van der Waals surface area contributed by atoms with Crippen molar-refractivity contribution in [3.8, 4) is 0 Å². The Morgan fingerprint density at radius 1 is 0.962 bits per heavy atom. The number of nitrogens with one attached hydrogen (secondary N) is 1. The van der Waals surface area contributed by atoms with Crippen molar-refractivity contribution in [1.29, 1.82) is 0 Å². The summed E-state index contributed by atoms with van der Waals surface area (Å²) in [5.41, 5.74) is 4.10. The number of anilines is 1. The maximum absolute atomic E-state index is 12.8. The summed E-state index contributed by atoms with van der Waals surface area (Å²) in [5, 5.41) is 3.03. The number of fused-ring (bicyclic) bond motifs is 1. The van der Waals surface area contributed by atoms with Crippen LogP contribution in [0.3, 0.4) is 0 Å². The molecule has 26 heavy (non-hydrogen) atoms. The van der Waals surface area contributed by atoms with Crippen molar-refractivity contribution in [2.45, 2.75) is 25.8 Å². The molecule has 1 N–H and O–H groups in total. The van der Waals surface area contributed by atoms with Crippen LogP contribution in [0.25, 0.3) is 0 Å². The molecule has 4 rings (SSSR count). The number of ketones is 1. The van der Waals surface area contributed by atoms with E-state index in [0.717, 1.165) is 16.9 Å². The lowest BCUT2D eigenvalue weighted by atomic mass is 10.0. The molecule has 130 valence electrons. The van der Waals surface area contributed by atoms with E-state index in [0.29, 0.717) is 24.2 Å². The molecule has 1 aliphatic rings. The van der Waals surface area contributed by atoms with Crippen LogP contribution in [-0.4, -0.2) is 16.3 Å². The maximum atomic E-state index is 12.8. The molecule has 4 nitrogen and oxygen atoms in total. The summed E-state index contributed by atoms with van der Waals surface area (Å²) in [6.07, 6.45) is 0.711. The molecule has 0 saturated heterocycles. The van der Waals surface area contributed by atoms with Gasteiger partial charge in [-0.15, -0.1) is 0 Å². The van der Waals surface area contributed by atoms with Gasteiger partial charge in [0.25, 0.3) is 0 Å². The van der Waals surface area contributed by atoms with Gasteiger partial charge in [0.1, 0.15) is 0 Å². The highest BCUT2D eigenvalue weighted by molar-refractivity contribution is 6.08. The Bertz CT molecular complexity index is 973. The Morgan fingerprint density at radius 2 is 1.69 bits per heavy atom. The van der Waals surface area contributed by atoms with Gasteiger partial charge in [-0.1, -0.05) is 48.5 Å². The zero-order valence-corrected chi connectivity index (χ0v) is 14.6. The third kappa shape index (κ3) is 2.84. The number of hydrogen-bond acceptors (Lipinski definition) is 2. The first-order valence-electron chi connectivity index (χ1n) is 8.81. The van der Waals surface area contributed by atoms with Gasteiger partial charge in [-0.3, -0.25) is 9.59 Å². The van der Waals surface area contributed by atoms with Crippen LogP contribution in [0.1, 0.15) is 39.6 Å². The first-order valence-corrected chi connectivity index (χ1v) is 8.81. The standard InChI is InChI=1S/C22H20N2O2/c1-15-7-5-6-10-18(15)23-22(26)17-13-14-24-19(17)11-12-20(24)21(25)16-8-3-2-4-9-16/h2-12,17H,13-14H2,1H3,(H,23,26)/t17-/m1/s1. The molecular weight excluding hydrogens is 324 g/mol. The summed E-state index contributed by atoms with van der Waals surface area (Å²) in [6.45, 7) is 2.66. The van der Waals surface area contributed by atoms with Crippen molar-refractivity contribution < 1.29 is 9.59 Å². The van der Waals surface area contributed by atoms with Crippen LogP contribution < -0.4 is 5.32 Å². The smallest absolute Gasteiger partial charge is 0.233 e. The van der Waals surface area contributed by atoms with E-state index in [2.05, 4.69) is 5.32 Å². The van der Waals surface area contributed by atoms with Crippen molar-refractivity contribution in [3.05, 3.63) is 89.2 Å². The lowest BCUT2D eigenvalue weighted by Crippen LogP contribution is -2.20. The molecule has 0 bridgehead atoms. The van der Waals surface area contributed by atoms with Gasteiger partial charge in [0.15, 0.2) is 0 Å². The van der Waals surface area contributed by atoms with Gasteiger partial charge in [-0.05, 0) is 37.1 Å². The Labute approximate surface area is 152 Å². The number of hydrogen-bond donors (Lipinski definition) is 1. The topological polar surface area (TPSA) is 51.1 Å². The minimum atomic E-state index is -0.230. The summed E-state index contributed by atoms with van der Waals surface area (Å²) >= 11 is 0. The van der Waals surface area contributed by atoms with Gasteiger partial charge in [-0.2, -0.15) is 0 Å². The van der Waals surface area contributed by atoms with Crippen LogP contribution in [0.5, 0.6) is 0 Å². The van der Waals surface area contributed by atoms with Crippen LogP contribution >= 0.6 is 0 Å². The van der Waals surface area contributed by atoms with E-state index in [9.17, 15) is 9.59 Å². The zero-order chi connectivity index (χ0) is 18.1. The summed E-state index contributed by atoms with van der Waals surface area (Å²) in [7, 11) is 0. The summed E-state index contributed by atoms with van der Waals surface area (Å²) in [4.78, 5) is 25.5. The predicted molar refractivity (Wildman–Crippen MR) is 101 cm³/mol. The third-order valence-corrected chi connectivity index (χ3v) is 5.00. The summed E-state index contributed by atoms with van der Waals surface area (Å²) in [5.74, 6) is -0.251. The quantitative estimate of drug-likeness (QED) is 0.723. The molecule has 0 unspecified atom stereocenters. The average Bonchev–Trinajstić information content (AvgIpc) is 3.25. The van der Waals surface area contributed by atoms with E-state index >= 15 is 0 Å². The fourth-order valence-corrected chi connectivity index (χ4v) is 3.58. The fourth-order valence-electron chi connectivity index (χ4n) is 3.58. The number of rotatable bonds is 4. The lowest BCUT2D eigenvalue weighted by Gasteiger charge is -2.12. The first kappa shape index (κ1) is 16.3. The number of aryl methyl sites for hydroxylation is 1. The fraction of sp³-hybridized carbons (Fsp3) is 0.182. The molecular formula is C22H20N2O2. The molecule has 1 aliphatic heterocycles. The molecule has 1 amide bonds. The highest BCUT2D eigenvalue weighted by atomic mass is 16.2. The van der Waals surface area contributed by atoms with Gasteiger partial charge >= 0.3 is 0 Å². The van der Waals surface area contributed by atoms with Crippen LogP contribution in [0.15, 0.2) is 66.7 Å². The molecule has 0 fully saturated rings. The Kier molecular flexibility index (Phi) is 4.17. The summed E-state index contributed by atoms with van der Waals surface area (Å²) in [6, 6.07) is 20.7. The second kappa shape index (κ2) is 6.64. The molecule has 2 heterocycles. The Morgan fingerprint density at radius 3 is 2.46 bits per heavy atom. The van der Waals surface area contributed by atoms with Crippen LogP contribution in [-0.2, 0) is 11.3 Å². The number of nitrogens with zero attached hydrogens (tertiary/aromatic N) is 1. The maximum Gasteiger partial charge on any atom is 0.233 e. The number of aromatic nitrogens is 1. The number of amides is 1. The van der Waals surface area contributed by atoms with Crippen LogP contribution in [0.4, 0.5) is 5.69 Å². The van der Waals surface area contributed by atoms with Crippen LogP contribution in [0, 0.1) is 6.92 Å². The lowest BCUT2D eigenvalue weighted by molar-refractivity contribution is -0.117. The molecule has 0 saturated carbocycles. The molecule has 1 atom stereocenters. The predicted octanol–water partition coefficient (Wildman–Crippen LogP) is 4.15. The zero-order valence-electron chi connectivity index (χ0n) is 14.6. The number of benzene rings is 2. The molecule has 3 aromatic rings.